The molecule has 0 N–H and O–H groups in total. The molecule has 0 aliphatic carbocycles. The van der Waals surface area contributed by atoms with Crippen molar-refractivity contribution in [1.29, 1.82) is 0 Å². The fourth-order valence-corrected chi connectivity index (χ4v) is 0. The van der Waals surface area contributed by atoms with Gasteiger partial charge in [0.25, 0.3) is 0 Å². The second-order valence-electron chi connectivity index (χ2n) is 0.0833. The van der Waals surface area contributed by atoms with Crippen LogP contribution in [0.2, 0.25) is 0 Å². The number of hydrogen-bond donors (Lipinski definition) is 0. The summed E-state index contributed by atoms with van der Waals surface area (Å²) in [6, 6.07) is 0. The zero-order chi connectivity index (χ0) is 2.71. The summed E-state index contributed by atoms with van der Waals surface area (Å²) in [5, 5.41) is 0. The molecule has 0 unspecified atom stereocenters. The maximum atomic E-state index is 4.38. The summed E-state index contributed by atoms with van der Waals surface area (Å²) in [4.78, 5) is 0. The Morgan fingerprint density at radius 3 is 1.25 bits per heavy atom. The van der Waals surface area contributed by atoms with Crippen LogP contribution in [-0.2, 0) is 25.8 Å². The molecule has 0 rings (SSSR count). The normalized spacial score (nSPS) is 2.00. The van der Waals surface area contributed by atoms with Gasteiger partial charge in [0.15, 0.2) is 0 Å². The Bertz CT molecular complexity index is 27.0. The molecule has 0 aliphatic rings. The van der Waals surface area contributed by atoms with Gasteiger partial charge in [-0.05, 0) is 0 Å². The van der Waals surface area contributed by atoms with Gasteiger partial charge in [0.2, 0.25) is 0 Å². The second kappa shape index (κ2) is 8.92. The molecule has 0 heterocycles. The van der Waals surface area contributed by atoms with Crippen LogP contribution < -0.4 is 0 Å². The zero-order valence-corrected chi connectivity index (χ0v) is 9.90. The van der Waals surface area contributed by atoms with Crippen LogP contribution in [0.3, 0.4) is 0 Å². The van der Waals surface area contributed by atoms with Gasteiger partial charge in [-0.25, -0.2) is 0 Å². The summed E-state index contributed by atoms with van der Waals surface area (Å²) < 4.78 is 0. The maximum absolute atomic E-state index is 4.38. The molecule has 0 atom stereocenters. The summed E-state index contributed by atoms with van der Waals surface area (Å²) >= 11 is -0.603. The molecule has 4 heteroatoms. The van der Waals surface area contributed by atoms with Gasteiger partial charge in [-0.3, -0.25) is 0 Å². The van der Waals surface area contributed by atoms with E-state index in [0.717, 1.165) is 0 Å². The third kappa shape index (κ3) is 8.93. The predicted octanol–water partition coefficient (Wildman–Crippen LogP) is 0.913. The Morgan fingerprint density at radius 2 is 1.25 bits per heavy atom. The minimum absolute atomic E-state index is 0. The monoisotopic (exact) mass is 364 g/mol. The van der Waals surface area contributed by atoms with E-state index in [0.29, 0.717) is 0 Å². The summed E-state index contributed by atoms with van der Waals surface area (Å²) in [6.45, 7) is 0. The van der Waals surface area contributed by atoms with Crippen molar-refractivity contribution in [3.63, 3.8) is 0 Å². The number of rotatable bonds is 0. The van der Waals surface area contributed by atoms with Gasteiger partial charge in [0, 0.05) is 25.8 Å². The van der Waals surface area contributed by atoms with E-state index >= 15 is 0 Å². The SMILES string of the molecule is [Hf].[S]=[Sn]=[S]. The van der Waals surface area contributed by atoms with E-state index in [1.165, 1.54) is 0 Å². The van der Waals surface area contributed by atoms with Crippen molar-refractivity contribution in [2.24, 2.45) is 0 Å². The summed E-state index contributed by atoms with van der Waals surface area (Å²) in [7, 11) is 8.76. The van der Waals surface area contributed by atoms with E-state index in [4.69, 9.17) is 0 Å². The molecule has 20 valence electrons. The molecule has 0 bridgehead atoms. The fourth-order valence-electron chi connectivity index (χ4n) is 0. The van der Waals surface area contributed by atoms with Crippen molar-refractivity contribution in [2.75, 3.05) is 0 Å². The topological polar surface area (TPSA) is 0 Å². The van der Waals surface area contributed by atoms with Crippen LogP contribution in [0.25, 0.3) is 0 Å². The van der Waals surface area contributed by atoms with Crippen molar-refractivity contribution < 1.29 is 25.8 Å². The van der Waals surface area contributed by atoms with Crippen molar-refractivity contribution in [3.05, 3.63) is 0 Å². The van der Waals surface area contributed by atoms with Crippen molar-refractivity contribution >= 4 is 35.8 Å². The molecule has 4 heavy (non-hydrogen) atoms. The first-order chi connectivity index (χ1) is 1.41. The molecule has 0 nitrogen and oxygen atoms in total. The third-order valence-corrected chi connectivity index (χ3v) is 0. The summed E-state index contributed by atoms with van der Waals surface area (Å²) in [6.07, 6.45) is 0. The van der Waals surface area contributed by atoms with Gasteiger partial charge in [-0.1, -0.05) is 0 Å². The van der Waals surface area contributed by atoms with E-state index in [9.17, 15) is 0 Å². The fraction of sp³-hybridized carbons (Fsp3) is 0. The van der Waals surface area contributed by atoms with Crippen LogP contribution in [-0.4, -0.2) is 17.3 Å². The third-order valence-electron chi connectivity index (χ3n) is 0. The van der Waals surface area contributed by atoms with Crippen LogP contribution in [0.1, 0.15) is 0 Å². The average molecular weight is 361 g/mol. The van der Waals surface area contributed by atoms with Crippen LogP contribution in [0.15, 0.2) is 0 Å². The first kappa shape index (κ1) is 9.44. The van der Waals surface area contributed by atoms with Crippen molar-refractivity contribution in [3.8, 4) is 0 Å². The molecule has 0 aromatic carbocycles. The minimum atomic E-state index is -0.603. The molecule has 0 aliphatic heterocycles. The Hall–Kier alpha value is 2.11. The Labute approximate surface area is 60.7 Å². The van der Waals surface area contributed by atoms with E-state index in [1.807, 2.05) is 0 Å². The molecule has 0 spiro atoms. The quantitative estimate of drug-likeness (QED) is 0.589. The predicted molar refractivity (Wildman–Crippen MR) is 20.9 cm³/mol. The zero-order valence-electron chi connectivity index (χ0n) is 1.82. The molecule has 0 saturated carbocycles. The summed E-state index contributed by atoms with van der Waals surface area (Å²) in [5.74, 6) is 0. The van der Waals surface area contributed by atoms with Gasteiger partial charge >= 0.3 is 35.8 Å². The molecule has 0 fully saturated rings. The van der Waals surface area contributed by atoms with E-state index < -0.39 is 17.3 Å². The van der Waals surface area contributed by atoms with Crippen molar-refractivity contribution in [1.82, 2.24) is 0 Å². The molecule has 0 amide bonds. The standard InChI is InChI=1S/Hf.2S.Sn. The van der Waals surface area contributed by atoms with E-state index in [2.05, 4.69) is 18.6 Å². The van der Waals surface area contributed by atoms with E-state index in [1.54, 1.807) is 0 Å². The van der Waals surface area contributed by atoms with Crippen LogP contribution >= 0.6 is 18.6 Å². The van der Waals surface area contributed by atoms with Gasteiger partial charge in [-0.15, -0.1) is 0 Å². The average Bonchev–Trinajstić information content (AvgIpc) is 0.918. The Morgan fingerprint density at radius 1 is 1.25 bits per heavy atom. The first-order valence-electron chi connectivity index (χ1n) is 0.408. The molecule has 0 aromatic rings. The molecule has 0 saturated heterocycles. The van der Waals surface area contributed by atoms with Gasteiger partial charge < -0.3 is 0 Å². The Balaban J connectivity index is 0. The first-order valence-corrected chi connectivity index (χ1v) is 8.22. The molecule has 0 radical (unpaired) electrons. The van der Waals surface area contributed by atoms with E-state index in [-0.39, 0.29) is 25.8 Å². The van der Waals surface area contributed by atoms with Crippen LogP contribution in [0.4, 0.5) is 0 Å². The van der Waals surface area contributed by atoms with Crippen molar-refractivity contribution in [2.45, 2.75) is 0 Å². The summed E-state index contributed by atoms with van der Waals surface area (Å²) in [5.41, 5.74) is 0. The second-order valence-corrected chi connectivity index (χ2v) is 5.03. The van der Waals surface area contributed by atoms with Gasteiger partial charge in [0.1, 0.15) is 0 Å². The number of hydrogen-bond acceptors (Lipinski definition) is 2. The van der Waals surface area contributed by atoms with Gasteiger partial charge in [-0.2, -0.15) is 0 Å². The van der Waals surface area contributed by atoms with Gasteiger partial charge in [0.05, 0.1) is 0 Å². The Kier molecular flexibility index (Phi) is 21.1. The molecular formula is HfS2Sn. The van der Waals surface area contributed by atoms with Crippen LogP contribution in [0, 0.1) is 0 Å². The molecular weight excluding hydrogens is 361 g/mol. The molecule has 0 aromatic heterocycles. The van der Waals surface area contributed by atoms with Crippen LogP contribution in [0.5, 0.6) is 0 Å².